The lowest BCUT2D eigenvalue weighted by Gasteiger charge is -2.22. The van der Waals surface area contributed by atoms with E-state index in [1.807, 2.05) is 6.92 Å². The molecule has 1 aliphatic rings. The van der Waals surface area contributed by atoms with Crippen molar-refractivity contribution in [2.45, 2.75) is 39.5 Å². The molecule has 2 aromatic rings. The number of rotatable bonds is 4. The molecule has 0 unspecified atom stereocenters. The summed E-state index contributed by atoms with van der Waals surface area (Å²) in [5.74, 6) is 0.692. The van der Waals surface area contributed by atoms with Crippen LogP contribution in [0.25, 0.3) is 16.5 Å². The third kappa shape index (κ3) is 3.88. The Morgan fingerprint density at radius 2 is 1.83 bits per heavy atom. The highest BCUT2D eigenvalue weighted by Crippen LogP contribution is 2.30. The number of H-pyrrole nitrogens is 1. The van der Waals surface area contributed by atoms with Crippen molar-refractivity contribution < 1.29 is 0 Å². The average molecular weight is 320 g/mol. The Morgan fingerprint density at radius 3 is 2.50 bits per heavy atom. The van der Waals surface area contributed by atoms with Crippen LogP contribution in [0.15, 0.2) is 54.1 Å². The summed E-state index contributed by atoms with van der Waals surface area (Å²) in [6.45, 7) is 12.6. The first-order chi connectivity index (χ1) is 11.5. The first-order valence-electron chi connectivity index (χ1n) is 8.89. The quantitative estimate of drug-likeness (QED) is 0.709. The SMILES string of the molecule is C=C(C)/C=C(\C=C(C)C)c1cc2cc(C3CCNCC3)ccc2[nH]1. The Kier molecular flexibility index (Phi) is 5.06. The monoisotopic (exact) mass is 320 g/mol. The lowest BCUT2D eigenvalue weighted by Crippen LogP contribution is -2.26. The van der Waals surface area contributed by atoms with E-state index in [0.29, 0.717) is 5.92 Å². The summed E-state index contributed by atoms with van der Waals surface area (Å²) >= 11 is 0. The fourth-order valence-corrected chi connectivity index (χ4v) is 3.49. The molecule has 1 aromatic heterocycles. The molecule has 0 bridgehead atoms. The molecule has 1 fully saturated rings. The number of aromatic nitrogens is 1. The zero-order valence-electron chi connectivity index (χ0n) is 15.1. The highest BCUT2D eigenvalue weighted by Gasteiger charge is 2.16. The van der Waals surface area contributed by atoms with E-state index >= 15 is 0 Å². The molecule has 126 valence electrons. The van der Waals surface area contributed by atoms with Crippen molar-refractivity contribution in [3.05, 3.63) is 65.4 Å². The predicted octanol–water partition coefficient (Wildman–Crippen LogP) is 5.56. The highest BCUT2D eigenvalue weighted by molar-refractivity contribution is 5.87. The minimum absolute atomic E-state index is 0.692. The molecule has 2 N–H and O–H groups in total. The minimum atomic E-state index is 0.692. The molecule has 3 rings (SSSR count). The zero-order valence-corrected chi connectivity index (χ0v) is 15.1. The van der Waals surface area contributed by atoms with Gasteiger partial charge < -0.3 is 10.3 Å². The van der Waals surface area contributed by atoms with Gasteiger partial charge in [0.2, 0.25) is 0 Å². The second-order valence-electron chi connectivity index (χ2n) is 7.22. The number of hydrogen-bond acceptors (Lipinski definition) is 1. The van der Waals surface area contributed by atoms with E-state index in [-0.39, 0.29) is 0 Å². The van der Waals surface area contributed by atoms with Gasteiger partial charge in [0.25, 0.3) is 0 Å². The molecule has 1 aliphatic heterocycles. The maximum atomic E-state index is 4.03. The van der Waals surface area contributed by atoms with Gasteiger partial charge >= 0.3 is 0 Å². The summed E-state index contributed by atoms with van der Waals surface area (Å²) in [5.41, 5.74) is 7.39. The Balaban J connectivity index is 1.98. The summed E-state index contributed by atoms with van der Waals surface area (Å²) in [7, 11) is 0. The molecule has 2 heteroatoms. The van der Waals surface area contributed by atoms with Gasteiger partial charge in [0.15, 0.2) is 0 Å². The second kappa shape index (κ2) is 7.23. The Hall–Kier alpha value is -2.06. The smallest absolute Gasteiger partial charge is 0.0464 e. The molecule has 2 heterocycles. The molecule has 1 saturated heterocycles. The summed E-state index contributed by atoms with van der Waals surface area (Å²) in [6.07, 6.45) is 6.83. The topological polar surface area (TPSA) is 27.8 Å². The largest absolute Gasteiger partial charge is 0.355 e. The van der Waals surface area contributed by atoms with Crippen LogP contribution in [-0.2, 0) is 0 Å². The van der Waals surface area contributed by atoms with Crippen molar-refractivity contribution in [2.75, 3.05) is 13.1 Å². The highest BCUT2D eigenvalue weighted by atomic mass is 14.9. The summed E-state index contributed by atoms with van der Waals surface area (Å²) in [6, 6.07) is 9.17. The molecule has 0 radical (unpaired) electrons. The minimum Gasteiger partial charge on any atom is -0.355 e. The molecule has 0 amide bonds. The van der Waals surface area contributed by atoms with Crippen LogP contribution in [-0.4, -0.2) is 18.1 Å². The fourth-order valence-electron chi connectivity index (χ4n) is 3.49. The van der Waals surface area contributed by atoms with E-state index in [4.69, 9.17) is 0 Å². The van der Waals surface area contributed by atoms with Gasteiger partial charge in [-0.15, -0.1) is 0 Å². The Bertz CT molecular complexity index is 794. The number of fused-ring (bicyclic) bond motifs is 1. The van der Waals surface area contributed by atoms with Gasteiger partial charge in [-0.3, -0.25) is 0 Å². The number of allylic oxidation sites excluding steroid dienone is 5. The van der Waals surface area contributed by atoms with E-state index in [9.17, 15) is 0 Å². The first kappa shape index (κ1) is 16.8. The van der Waals surface area contributed by atoms with E-state index in [1.165, 1.54) is 40.5 Å². The third-order valence-corrected chi connectivity index (χ3v) is 4.61. The van der Waals surface area contributed by atoms with Crippen LogP contribution in [0, 0.1) is 0 Å². The average Bonchev–Trinajstić information content (AvgIpc) is 2.97. The van der Waals surface area contributed by atoms with Crippen molar-refractivity contribution in [1.82, 2.24) is 10.3 Å². The molecular formula is C22H28N2. The lowest BCUT2D eigenvalue weighted by atomic mass is 9.90. The molecular weight excluding hydrogens is 292 g/mol. The van der Waals surface area contributed by atoms with Crippen LogP contribution >= 0.6 is 0 Å². The first-order valence-corrected chi connectivity index (χ1v) is 8.89. The van der Waals surface area contributed by atoms with Crippen molar-refractivity contribution in [3.8, 4) is 0 Å². The predicted molar refractivity (Wildman–Crippen MR) is 105 cm³/mol. The summed E-state index contributed by atoms with van der Waals surface area (Å²) < 4.78 is 0. The normalized spacial score (nSPS) is 16.4. The molecule has 1 aromatic carbocycles. The van der Waals surface area contributed by atoms with Crippen LogP contribution in [0.2, 0.25) is 0 Å². The maximum Gasteiger partial charge on any atom is 0.0464 e. The molecule has 0 atom stereocenters. The number of aromatic amines is 1. The van der Waals surface area contributed by atoms with Crippen LogP contribution in [0.3, 0.4) is 0 Å². The van der Waals surface area contributed by atoms with Crippen LogP contribution in [0.4, 0.5) is 0 Å². The Labute approximate surface area is 145 Å². The van der Waals surface area contributed by atoms with Gasteiger partial charge in [-0.2, -0.15) is 0 Å². The molecule has 0 spiro atoms. The number of nitrogens with one attached hydrogen (secondary N) is 2. The molecule has 24 heavy (non-hydrogen) atoms. The van der Waals surface area contributed by atoms with Crippen LogP contribution in [0.1, 0.15) is 50.8 Å². The van der Waals surface area contributed by atoms with Gasteiger partial charge in [0.05, 0.1) is 0 Å². The summed E-state index contributed by atoms with van der Waals surface area (Å²) in [4.78, 5) is 3.57. The van der Waals surface area contributed by atoms with Gasteiger partial charge in [0, 0.05) is 16.6 Å². The van der Waals surface area contributed by atoms with E-state index < -0.39 is 0 Å². The number of hydrogen-bond donors (Lipinski definition) is 2. The number of piperidine rings is 1. The van der Waals surface area contributed by atoms with Gasteiger partial charge in [-0.05, 0) is 82.0 Å². The van der Waals surface area contributed by atoms with E-state index in [0.717, 1.165) is 24.4 Å². The molecule has 2 nitrogen and oxygen atoms in total. The van der Waals surface area contributed by atoms with Crippen molar-refractivity contribution >= 4 is 16.5 Å². The van der Waals surface area contributed by atoms with Gasteiger partial charge in [-0.1, -0.05) is 35.9 Å². The molecule has 0 saturated carbocycles. The number of benzene rings is 1. The maximum absolute atomic E-state index is 4.03. The van der Waals surface area contributed by atoms with Crippen molar-refractivity contribution in [2.24, 2.45) is 0 Å². The van der Waals surface area contributed by atoms with Crippen molar-refractivity contribution in [3.63, 3.8) is 0 Å². The van der Waals surface area contributed by atoms with E-state index in [2.05, 4.69) is 67.1 Å². The fraction of sp³-hybridized carbons (Fsp3) is 0.364. The van der Waals surface area contributed by atoms with Gasteiger partial charge in [0.1, 0.15) is 0 Å². The standard InChI is InChI=1S/C22H28N2/c1-15(2)11-19(12-16(3)4)22-14-20-13-18(5-6-21(20)24-22)17-7-9-23-10-8-17/h5-6,11-14,17,23-24H,1,7-10H2,2-4H3/b19-11+. The third-order valence-electron chi connectivity index (χ3n) is 4.61. The van der Waals surface area contributed by atoms with Crippen LogP contribution < -0.4 is 5.32 Å². The van der Waals surface area contributed by atoms with E-state index in [1.54, 1.807) is 0 Å². The van der Waals surface area contributed by atoms with Crippen LogP contribution in [0.5, 0.6) is 0 Å². The second-order valence-corrected chi connectivity index (χ2v) is 7.22. The van der Waals surface area contributed by atoms with Crippen molar-refractivity contribution in [1.29, 1.82) is 0 Å². The molecule has 0 aliphatic carbocycles. The lowest BCUT2D eigenvalue weighted by molar-refractivity contribution is 0.460. The summed E-state index contributed by atoms with van der Waals surface area (Å²) in [5, 5.41) is 4.75. The zero-order chi connectivity index (χ0) is 17.1. The Morgan fingerprint density at radius 1 is 1.08 bits per heavy atom. The van der Waals surface area contributed by atoms with Gasteiger partial charge in [-0.25, -0.2) is 0 Å².